The number of nitrogens with one attached hydrogen (secondary N) is 1. The van der Waals surface area contributed by atoms with Gasteiger partial charge in [-0.3, -0.25) is 4.79 Å². The maximum atomic E-state index is 11.8. The summed E-state index contributed by atoms with van der Waals surface area (Å²) in [7, 11) is 0. The van der Waals surface area contributed by atoms with Crippen molar-refractivity contribution >= 4 is 21.8 Å². The van der Waals surface area contributed by atoms with E-state index in [2.05, 4.69) is 35.1 Å². The van der Waals surface area contributed by atoms with Crippen molar-refractivity contribution in [2.45, 2.75) is 26.3 Å². The monoisotopic (exact) mass is 283 g/mol. The Bertz CT molecular complexity index is 443. The molecule has 3 nitrogen and oxygen atoms in total. The quantitative estimate of drug-likeness (QED) is 0.877. The largest absolute Gasteiger partial charge is 0.507 e. The van der Waals surface area contributed by atoms with Crippen molar-refractivity contribution < 1.29 is 9.90 Å². The number of halogens is 1. The minimum absolute atomic E-state index is 0.0858. The molecule has 0 heterocycles. The Morgan fingerprint density at radius 2 is 2.19 bits per heavy atom. The summed E-state index contributed by atoms with van der Waals surface area (Å²) in [6, 6.07) is 5.08. The van der Waals surface area contributed by atoms with Crippen molar-refractivity contribution in [3.05, 3.63) is 28.2 Å². The molecule has 0 spiro atoms. The van der Waals surface area contributed by atoms with Gasteiger partial charge in [0.1, 0.15) is 5.75 Å². The molecule has 1 aromatic carbocycles. The van der Waals surface area contributed by atoms with Crippen LogP contribution >= 0.6 is 15.9 Å². The van der Waals surface area contributed by atoms with Gasteiger partial charge in [-0.2, -0.15) is 0 Å². The number of phenols is 1. The zero-order valence-corrected chi connectivity index (χ0v) is 10.8. The number of rotatable bonds is 2. The summed E-state index contributed by atoms with van der Waals surface area (Å²) < 4.78 is 0.593. The average Bonchev–Trinajstić information content (AvgIpc) is 2.78. The highest BCUT2D eigenvalue weighted by atomic mass is 79.9. The van der Waals surface area contributed by atoms with E-state index in [1.165, 1.54) is 6.07 Å². The lowest BCUT2D eigenvalue weighted by Gasteiger charge is -2.07. The van der Waals surface area contributed by atoms with Crippen LogP contribution in [0.4, 0.5) is 0 Å². The Morgan fingerprint density at radius 1 is 1.56 bits per heavy atom. The lowest BCUT2D eigenvalue weighted by Crippen LogP contribution is -2.28. The molecule has 1 amide bonds. The van der Waals surface area contributed by atoms with Gasteiger partial charge in [-0.05, 0) is 46.0 Å². The Hall–Kier alpha value is -1.03. The summed E-state index contributed by atoms with van der Waals surface area (Å²) in [4.78, 5) is 11.8. The van der Waals surface area contributed by atoms with Crippen molar-refractivity contribution in [2.24, 2.45) is 5.41 Å². The fraction of sp³-hybridized carbons (Fsp3) is 0.417. The predicted molar refractivity (Wildman–Crippen MR) is 65.5 cm³/mol. The van der Waals surface area contributed by atoms with Crippen molar-refractivity contribution in [3.8, 4) is 5.75 Å². The fourth-order valence-electron chi connectivity index (χ4n) is 1.61. The Kier molecular flexibility index (Phi) is 2.70. The molecule has 2 N–H and O–H groups in total. The van der Waals surface area contributed by atoms with E-state index < -0.39 is 0 Å². The highest BCUT2D eigenvalue weighted by Gasteiger charge is 2.46. The van der Waals surface area contributed by atoms with Crippen LogP contribution in [0.2, 0.25) is 0 Å². The lowest BCUT2D eigenvalue weighted by molar-refractivity contribution is 0.0946. The Morgan fingerprint density at radius 3 is 2.69 bits per heavy atom. The van der Waals surface area contributed by atoms with Gasteiger partial charge in [0.2, 0.25) is 0 Å². The summed E-state index contributed by atoms with van der Waals surface area (Å²) in [6.07, 6.45) is 1.02. The zero-order chi connectivity index (χ0) is 11.9. The molecule has 1 unspecified atom stereocenters. The lowest BCUT2D eigenvalue weighted by atomic mass is 10.1. The molecule has 0 saturated heterocycles. The van der Waals surface area contributed by atoms with Gasteiger partial charge in [-0.1, -0.05) is 13.8 Å². The zero-order valence-electron chi connectivity index (χ0n) is 9.25. The van der Waals surface area contributed by atoms with Crippen LogP contribution in [-0.4, -0.2) is 17.1 Å². The summed E-state index contributed by atoms with van der Waals surface area (Å²) >= 11 is 3.18. The van der Waals surface area contributed by atoms with E-state index in [-0.39, 0.29) is 23.1 Å². The van der Waals surface area contributed by atoms with E-state index in [1.807, 2.05) is 0 Å². The molecule has 86 valence electrons. The number of benzene rings is 1. The minimum Gasteiger partial charge on any atom is -0.507 e. The van der Waals surface area contributed by atoms with Gasteiger partial charge in [-0.25, -0.2) is 0 Å². The summed E-state index contributed by atoms with van der Waals surface area (Å²) in [5.41, 5.74) is 0.705. The maximum Gasteiger partial charge on any atom is 0.251 e. The fourth-order valence-corrected chi connectivity index (χ4v) is 1.86. The Balaban J connectivity index is 2.07. The first-order valence-electron chi connectivity index (χ1n) is 5.19. The molecule has 1 aliphatic rings. The molecule has 1 fully saturated rings. The van der Waals surface area contributed by atoms with Gasteiger partial charge >= 0.3 is 0 Å². The highest BCUT2D eigenvalue weighted by molar-refractivity contribution is 9.10. The smallest absolute Gasteiger partial charge is 0.251 e. The van der Waals surface area contributed by atoms with Gasteiger partial charge in [0, 0.05) is 11.6 Å². The van der Waals surface area contributed by atoms with Crippen LogP contribution < -0.4 is 5.32 Å². The van der Waals surface area contributed by atoms with Crippen LogP contribution in [-0.2, 0) is 0 Å². The van der Waals surface area contributed by atoms with Crippen molar-refractivity contribution in [1.29, 1.82) is 0 Å². The first kappa shape index (κ1) is 11.5. The number of carbonyl (C=O) groups excluding carboxylic acids is 1. The first-order chi connectivity index (χ1) is 7.40. The maximum absolute atomic E-state index is 11.8. The van der Waals surface area contributed by atoms with Crippen molar-refractivity contribution in [2.75, 3.05) is 0 Å². The summed E-state index contributed by atoms with van der Waals surface area (Å²) in [5.74, 6) is -0.0407. The number of phenolic OH excluding ortho intramolecular Hbond substituents is 1. The van der Waals surface area contributed by atoms with Gasteiger partial charge < -0.3 is 10.4 Å². The highest BCUT2D eigenvalue weighted by Crippen LogP contribution is 2.44. The second-order valence-electron chi connectivity index (χ2n) is 4.88. The molecule has 1 saturated carbocycles. The molecule has 4 heteroatoms. The SMILES string of the molecule is CC1(C)CC1NC(=O)c1ccc(Br)c(O)c1. The summed E-state index contributed by atoms with van der Waals surface area (Å²) in [5, 5.41) is 12.4. The van der Waals surface area contributed by atoms with E-state index in [0.29, 0.717) is 10.0 Å². The van der Waals surface area contributed by atoms with Crippen molar-refractivity contribution in [1.82, 2.24) is 5.32 Å². The van der Waals surface area contributed by atoms with Gasteiger partial charge in [0.25, 0.3) is 5.91 Å². The van der Waals surface area contributed by atoms with E-state index in [4.69, 9.17) is 0 Å². The van der Waals surface area contributed by atoms with Gasteiger partial charge in [0.05, 0.1) is 4.47 Å². The molecule has 0 aromatic heterocycles. The normalized spacial score (nSPS) is 21.6. The minimum atomic E-state index is -0.127. The topological polar surface area (TPSA) is 49.3 Å². The van der Waals surface area contributed by atoms with Crippen LogP contribution in [0.5, 0.6) is 5.75 Å². The average molecular weight is 284 g/mol. The summed E-state index contributed by atoms with van der Waals surface area (Å²) in [6.45, 7) is 4.24. The van der Waals surface area contributed by atoms with Crippen LogP contribution in [0, 0.1) is 5.41 Å². The molecule has 0 bridgehead atoms. The number of hydrogen-bond donors (Lipinski definition) is 2. The molecule has 1 atom stereocenters. The number of carbonyl (C=O) groups is 1. The Labute approximate surface area is 103 Å². The molecular formula is C12H14BrNO2. The predicted octanol–water partition coefficient (Wildman–Crippen LogP) is 2.68. The first-order valence-corrected chi connectivity index (χ1v) is 5.99. The molecule has 0 aliphatic heterocycles. The van der Waals surface area contributed by atoms with E-state index in [9.17, 15) is 9.90 Å². The van der Waals surface area contributed by atoms with Crippen LogP contribution in [0.25, 0.3) is 0 Å². The molecule has 2 rings (SSSR count). The van der Waals surface area contributed by atoms with E-state index >= 15 is 0 Å². The number of hydrogen-bond acceptors (Lipinski definition) is 2. The van der Waals surface area contributed by atoms with E-state index in [0.717, 1.165) is 6.42 Å². The molecule has 16 heavy (non-hydrogen) atoms. The van der Waals surface area contributed by atoms with Crippen molar-refractivity contribution in [3.63, 3.8) is 0 Å². The number of amides is 1. The molecule has 1 aliphatic carbocycles. The second kappa shape index (κ2) is 3.77. The van der Waals surface area contributed by atoms with Gasteiger partial charge in [-0.15, -0.1) is 0 Å². The van der Waals surface area contributed by atoms with E-state index in [1.54, 1.807) is 12.1 Å². The third-order valence-corrected chi connectivity index (χ3v) is 3.70. The molecular weight excluding hydrogens is 270 g/mol. The third-order valence-electron chi connectivity index (χ3n) is 3.03. The van der Waals surface area contributed by atoms with Crippen LogP contribution in [0.1, 0.15) is 30.6 Å². The van der Waals surface area contributed by atoms with Crippen LogP contribution in [0.15, 0.2) is 22.7 Å². The number of aromatic hydroxyl groups is 1. The van der Waals surface area contributed by atoms with Gasteiger partial charge in [0.15, 0.2) is 0 Å². The standard InChI is InChI=1S/C12H14BrNO2/c1-12(2)6-10(12)14-11(16)7-3-4-8(13)9(15)5-7/h3-5,10,15H,6H2,1-2H3,(H,14,16). The van der Waals surface area contributed by atoms with Crippen LogP contribution in [0.3, 0.4) is 0 Å². The second-order valence-corrected chi connectivity index (χ2v) is 5.74. The molecule has 1 aromatic rings. The molecule has 0 radical (unpaired) electrons. The third kappa shape index (κ3) is 2.21.